The van der Waals surface area contributed by atoms with E-state index in [0.29, 0.717) is 0 Å². The summed E-state index contributed by atoms with van der Waals surface area (Å²) in [5.74, 6) is 0. The monoisotopic (exact) mass is 196 g/mol. The minimum Gasteiger partial charge on any atom is -0.393 e. The zero-order valence-electron chi connectivity index (χ0n) is 9.12. The highest BCUT2D eigenvalue weighted by Gasteiger charge is 2.08. The predicted octanol–water partition coefficient (Wildman–Crippen LogP) is 2.44. The normalized spacial score (nSPS) is 18.8. The third kappa shape index (κ3) is 3.64. The van der Waals surface area contributed by atoms with E-state index in [4.69, 9.17) is 4.74 Å². The average Bonchev–Trinajstić information content (AvgIpc) is 2.19. The molecule has 2 nitrogen and oxygen atoms in total. The van der Waals surface area contributed by atoms with Crippen LogP contribution in [0.1, 0.15) is 32.6 Å². The molecule has 0 aromatic heterocycles. The molecule has 0 bridgehead atoms. The van der Waals surface area contributed by atoms with E-state index in [2.05, 4.69) is 12.2 Å². The molecule has 80 valence electrons. The number of rotatable bonds is 5. The summed E-state index contributed by atoms with van der Waals surface area (Å²) >= 11 is 0. The van der Waals surface area contributed by atoms with E-state index in [-0.39, 0.29) is 6.10 Å². The van der Waals surface area contributed by atoms with Crippen LogP contribution in [0.4, 0.5) is 0 Å². The van der Waals surface area contributed by atoms with Crippen LogP contribution in [0.2, 0.25) is 0 Å². The molecule has 1 aliphatic rings. The summed E-state index contributed by atoms with van der Waals surface area (Å²) in [6.07, 6.45) is 7.98. The molecule has 0 saturated heterocycles. The number of methoxy groups -OCH3 is 1. The van der Waals surface area contributed by atoms with E-state index in [1.807, 2.05) is 6.92 Å². The molecule has 0 saturated carbocycles. The van der Waals surface area contributed by atoms with Crippen LogP contribution in [0.15, 0.2) is 23.3 Å². The fourth-order valence-electron chi connectivity index (χ4n) is 1.69. The van der Waals surface area contributed by atoms with Crippen LogP contribution < -0.4 is 0 Å². The minimum atomic E-state index is -0.195. The molecule has 0 aromatic carbocycles. The van der Waals surface area contributed by atoms with Crippen molar-refractivity contribution >= 4 is 0 Å². The molecule has 0 spiro atoms. The lowest BCUT2D eigenvalue weighted by Crippen LogP contribution is -2.07. The smallest absolute Gasteiger partial charge is 0.0676 e. The van der Waals surface area contributed by atoms with Crippen LogP contribution >= 0.6 is 0 Å². The van der Waals surface area contributed by atoms with E-state index in [1.165, 1.54) is 11.1 Å². The molecule has 1 N–H and O–H groups in total. The Hall–Kier alpha value is -0.600. The summed E-state index contributed by atoms with van der Waals surface area (Å²) in [4.78, 5) is 0. The summed E-state index contributed by atoms with van der Waals surface area (Å²) in [5, 5.41) is 9.52. The van der Waals surface area contributed by atoms with Gasteiger partial charge in [0.15, 0.2) is 0 Å². The number of allylic oxidation sites excluding steroid dienone is 2. The molecular formula is C12H20O2. The zero-order chi connectivity index (χ0) is 10.4. The highest BCUT2D eigenvalue weighted by Crippen LogP contribution is 2.21. The molecule has 0 radical (unpaired) electrons. The lowest BCUT2D eigenvalue weighted by molar-refractivity contribution is 0.171. The summed E-state index contributed by atoms with van der Waals surface area (Å²) in [5.41, 5.74) is 2.60. The quantitative estimate of drug-likeness (QED) is 0.731. The van der Waals surface area contributed by atoms with Gasteiger partial charge in [-0.3, -0.25) is 0 Å². The Kier molecular flexibility index (Phi) is 4.91. The molecule has 0 fully saturated rings. The van der Waals surface area contributed by atoms with Crippen LogP contribution in [0, 0.1) is 0 Å². The summed E-state index contributed by atoms with van der Waals surface area (Å²) < 4.78 is 5.10. The molecule has 2 heteroatoms. The number of aliphatic hydroxyl groups excluding tert-OH is 1. The Morgan fingerprint density at radius 2 is 2.36 bits per heavy atom. The molecule has 1 atom stereocenters. The number of aliphatic hydroxyl groups is 1. The van der Waals surface area contributed by atoms with Crippen molar-refractivity contribution in [3.8, 4) is 0 Å². The van der Waals surface area contributed by atoms with Gasteiger partial charge in [-0.25, -0.2) is 0 Å². The van der Waals surface area contributed by atoms with Crippen LogP contribution in [0.5, 0.6) is 0 Å². The lowest BCUT2D eigenvalue weighted by Gasteiger charge is -2.15. The molecule has 0 aliphatic heterocycles. The lowest BCUT2D eigenvalue weighted by atomic mass is 9.95. The predicted molar refractivity (Wildman–Crippen MR) is 58.2 cm³/mol. The van der Waals surface area contributed by atoms with Crippen molar-refractivity contribution in [3.05, 3.63) is 23.3 Å². The van der Waals surface area contributed by atoms with E-state index in [0.717, 1.165) is 32.3 Å². The molecule has 1 unspecified atom stereocenters. The van der Waals surface area contributed by atoms with Gasteiger partial charge in [0.05, 0.1) is 12.7 Å². The maximum atomic E-state index is 9.52. The van der Waals surface area contributed by atoms with Crippen LogP contribution in [0.3, 0.4) is 0 Å². The Labute approximate surface area is 86.3 Å². The van der Waals surface area contributed by atoms with E-state index < -0.39 is 0 Å². The first kappa shape index (κ1) is 11.5. The standard InChI is InChI=1S/C12H20O2/c1-3-12(13)8-10-5-4-6-11(7-10)9-14-2/h5,7,12-13H,3-4,6,8-9H2,1-2H3. The molecule has 0 heterocycles. The van der Waals surface area contributed by atoms with Crippen molar-refractivity contribution in [2.75, 3.05) is 13.7 Å². The average molecular weight is 196 g/mol. The van der Waals surface area contributed by atoms with Gasteiger partial charge in [0.1, 0.15) is 0 Å². The molecular weight excluding hydrogens is 176 g/mol. The third-order valence-corrected chi connectivity index (χ3v) is 2.53. The molecule has 0 aromatic rings. The van der Waals surface area contributed by atoms with E-state index in [9.17, 15) is 5.11 Å². The molecule has 1 aliphatic carbocycles. The second-order valence-electron chi connectivity index (χ2n) is 3.82. The molecule has 0 amide bonds. The second-order valence-corrected chi connectivity index (χ2v) is 3.82. The molecule has 1 rings (SSSR count). The Balaban J connectivity index is 2.49. The first-order valence-electron chi connectivity index (χ1n) is 5.31. The van der Waals surface area contributed by atoms with Gasteiger partial charge in [0.2, 0.25) is 0 Å². The van der Waals surface area contributed by atoms with Crippen molar-refractivity contribution < 1.29 is 9.84 Å². The van der Waals surface area contributed by atoms with E-state index >= 15 is 0 Å². The first-order chi connectivity index (χ1) is 6.76. The Bertz CT molecular complexity index is 228. The number of ether oxygens (including phenoxy) is 1. The second kappa shape index (κ2) is 5.99. The van der Waals surface area contributed by atoms with Crippen molar-refractivity contribution in [2.45, 2.75) is 38.7 Å². The summed E-state index contributed by atoms with van der Waals surface area (Å²) in [7, 11) is 1.72. The summed E-state index contributed by atoms with van der Waals surface area (Å²) in [6.45, 7) is 2.73. The topological polar surface area (TPSA) is 29.5 Å². The van der Waals surface area contributed by atoms with Gasteiger partial charge in [0, 0.05) is 7.11 Å². The minimum absolute atomic E-state index is 0.195. The van der Waals surface area contributed by atoms with E-state index in [1.54, 1.807) is 7.11 Å². The molecule has 14 heavy (non-hydrogen) atoms. The van der Waals surface area contributed by atoms with Crippen LogP contribution in [0.25, 0.3) is 0 Å². The van der Waals surface area contributed by atoms with Gasteiger partial charge in [-0.15, -0.1) is 0 Å². The Morgan fingerprint density at radius 3 is 3.00 bits per heavy atom. The van der Waals surface area contributed by atoms with Gasteiger partial charge < -0.3 is 9.84 Å². The SMILES string of the molecule is CCC(O)CC1=CCCC(COC)=C1. The van der Waals surface area contributed by atoms with Crippen molar-refractivity contribution in [2.24, 2.45) is 0 Å². The van der Waals surface area contributed by atoms with Crippen LogP contribution in [-0.2, 0) is 4.74 Å². The van der Waals surface area contributed by atoms with Crippen molar-refractivity contribution in [1.82, 2.24) is 0 Å². The van der Waals surface area contributed by atoms with Gasteiger partial charge in [-0.1, -0.05) is 19.1 Å². The number of hydrogen-bond acceptors (Lipinski definition) is 2. The fourth-order valence-corrected chi connectivity index (χ4v) is 1.69. The fraction of sp³-hybridized carbons (Fsp3) is 0.667. The maximum absolute atomic E-state index is 9.52. The van der Waals surface area contributed by atoms with Crippen LogP contribution in [-0.4, -0.2) is 24.9 Å². The van der Waals surface area contributed by atoms with Gasteiger partial charge in [0.25, 0.3) is 0 Å². The van der Waals surface area contributed by atoms with Gasteiger partial charge in [-0.2, -0.15) is 0 Å². The maximum Gasteiger partial charge on any atom is 0.0676 e. The number of hydrogen-bond donors (Lipinski definition) is 1. The largest absolute Gasteiger partial charge is 0.393 e. The highest BCUT2D eigenvalue weighted by atomic mass is 16.5. The third-order valence-electron chi connectivity index (χ3n) is 2.53. The first-order valence-corrected chi connectivity index (χ1v) is 5.31. The zero-order valence-corrected chi connectivity index (χ0v) is 9.12. The summed E-state index contributed by atoms with van der Waals surface area (Å²) in [6, 6.07) is 0. The van der Waals surface area contributed by atoms with Crippen molar-refractivity contribution in [3.63, 3.8) is 0 Å². The highest BCUT2D eigenvalue weighted by molar-refractivity contribution is 5.28. The van der Waals surface area contributed by atoms with Gasteiger partial charge in [-0.05, 0) is 36.8 Å². The van der Waals surface area contributed by atoms with Crippen molar-refractivity contribution in [1.29, 1.82) is 0 Å². The Morgan fingerprint density at radius 1 is 1.57 bits per heavy atom. The van der Waals surface area contributed by atoms with Gasteiger partial charge >= 0.3 is 0 Å².